The van der Waals surface area contributed by atoms with Gasteiger partial charge in [-0.25, -0.2) is 0 Å². The minimum absolute atomic E-state index is 0.130. The quantitative estimate of drug-likeness (QED) is 0.487. The van der Waals surface area contributed by atoms with Crippen LogP contribution in [-0.4, -0.2) is 41.8 Å². The predicted octanol–water partition coefficient (Wildman–Crippen LogP) is 4.51. The summed E-state index contributed by atoms with van der Waals surface area (Å²) in [4.78, 5) is 42.5. The van der Waals surface area contributed by atoms with Gasteiger partial charge in [-0.3, -0.25) is 19.3 Å². The van der Waals surface area contributed by atoms with E-state index in [9.17, 15) is 14.4 Å². The summed E-state index contributed by atoms with van der Waals surface area (Å²) in [5.41, 5.74) is 2.23. The highest BCUT2D eigenvalue weighted by atomic mass is 79.9. The molecule has 1 aliphatic rings. The largest absolute Gasteiger partial charge is 0.354 e. The van der Waals surface area contributed by atoms with Crippen LogP contribution in [0.4, 0.5) is 5.69 Å². The lowest BCUT2D eigenvalue weighted by Gasteiger charge is -2.30. The van der Waals surface area contributed by atoms with Gasteiger partial charge >= 0.3 is 0 Å². The van der Waals surface area contributed by atoms with Crippen LogP contribution < -0.4 is 10.2 Å². The van der Waals surface area contributed by atoms with E-state index >= 15 is 0 Å². The molecule has 3 aromatic carbocycles. The van der Waals surface area contributed by atoms with Crippen LogP contribution in [0.3, 0.4) is 0 Å². The minimum Gasteiger partial charge on any atom is -0.354 e. The highest BCUT2D eigenvalue weighted by Crippen LogP contribution is 2.37. The zero-order valence-electron chi connectivity index (χ0n) is 18.7. The van der Waals surface area contributed by atoms with Gasteiger partial charge in [0, 0.05) is 28.5 Å². The molecule has 1 heterocycles. The maximum absolute atomic E-state index is 13.5. The van der Waals surface area contributed by atoms with Crippen molar-refractivity contribution in [2.45, 2.75) is 32.9 Å². The maximum Gasteiger partial charge on any atom is 0.259 e. The molecule has 0 aliphatic carbocycles. The smallest absolute Gasteiger partial charge is 0.259 e. The molecule has 6 nitrogen and oxygen atoms in total. The number of halogens is 1. The fourth-order valence-corrected chi connectivity index (χ4v) is 4.39. The Kier molecular flexibility index (Phi) is 6.79. The molecule has 0 bridgehead atoms. The first-order valence-corrected chi connectivity index (χ1v) is 11.8. The summed E-state index contributed by atoms with van der Waals surface area (Å²) in [7, 11) is 0. The zero-order chi connectivity index (χ0) is 23.5. The summed E-state index contributed by atoms with van der Waals surface area (Å²) in [6, 6.07) is 18.3. The average Bonchev–Trinajstić information content (AvgIpc) is 3.09. The molecule has 1 aliphatic heterocycles. The van der Waals surface area contributed by atoms with Crippen molar-refractivity contribution in [3.8, 4) is 0 Å². The second kappa shape index (κ2) is 9.75. The van der Waals surface area contributed by atoms with Gasteiger partial charge in [0.1, 0.15) is 12.6 Å². The van der Waals surface area contributed by atoms with E-state index in [0.717, 1.165) is 32.9 Å². The van der Waals surface area contributed by atoms with Crippen LogP contribution in [0.2, 0.25) is 0 Å². The van der Waals surface area contributed by atoms with Crippen LogP contribution in [0, 0.1) is 0 Å². The van der Waals surface area contributed by atoms with E-state index in [1.165, 1.54) is 4.90 Å². The Balaban J connectivity index is 1.61. The molecule has 0 radical (unpaired) electrons. The van der Waals surface area contributed by atoms with Crippen LogP contribution in [0.25, 0.3) is 10.8 Å². The minimum atomic E-state index is -0.677. The number of carbonyl (C=O) groups is 3. The van der Waals surface area contributed by atoms with E-state index in [-0.39, 0.29) is 30.8 Å². The van der Waals surface area contributed by atoms with Crippen LogP contribution >= 0.6 is 15.9 Å². The first-order valence-electron chi connectivity index (χ1n) is 11.1. The maximum atomic E-state index is 13.5. The monoisotopic (exact) mass is 507 g/mol. The fraction of sp³-hybridized carbons (Fsp3) is 0.269. The van der Waals surface area contributed by atoms with Crippen molar-refractivity contribution in [3.05, 3.63) is 76.3 Å². The molecule has 0 spiro atoms. The van der Waals surface area contributed by atoms with Crippen molar-refractivity contribution < 1.29 is 14.4 Å². The molecule has 3 aromatic rings. The summed E-state index contributed by atoms with van der Waals surface area (Å²) in [6.07, 6.45) is 0.809. The van der Waals surface area contributed by atoms with Gasteiger partial charge < -0.3 is 10.2 Å². The van der Waals surface area contributed by atoms with Crippen LogP contribution in [0.5, 0.6) is 0 Å². The van der Waals surface area contributed by atoms with Gasteiger partial charge in [-0.1, -0.05) is 59.3 Å². The normalized spacial score (nSPS) is 13.3. The van der Waals surface area contributed by atoms with Crippen molar-refractivity contribution in [1.82, 2.24) is 10.2 Å². The number of carbonyl (C=O) groups excluding carboxylic acids is 3. The Morgan fingerprint density at radius 3 is 2.45 bits per heavy atom. The van der Waals surface area contributed by atoms with Crippen LogP contribution in [-0.2, 0) is 16.1 Å². The van der Waals surface area contributed by atoms with Gasteiger partial charge in [0.05, 0.1) is 5.69 Å². The number of nitrogens with zero attached hydrogens (tertiary/aromatic N) is 2. The lowest BCUT2D eigenvalue weighted by molar-refractivity contribution is -0.139. The second-order valence-electron chi connectivity index (χ2n) is 8.19. The first-order chi connectivity index (χ1) is 15.9. The first kappa shape index (κ1) is 23.0. The summed E-state index contributed by atoms with van der Waals surface area (Å²) < 4.78 is 0.936. The SMILES string of the molecule is CCCNC(=O)C(C)N(Cc1ccc(Br)cc1)C(=O)CN1C(=O)c2cccc3cccc1c23. The standard InChI is InChI=1S/C26H26BrN3O3/c1-3-14-28-25(32)17(2)29(15-18-10-12-20(27)13-11-18)23(31)16-30-22-9-5-7-19-6-4-8-21(24(19)22)26(30)33/h4-13,17H,3,14-16H2,1-2H3,(H,28,32). The predicted molar refractivity (Wildman–Crippen MR) is 133 cm³/mol. The highest BCUT2D eigenvalue weighted by Gasteiger charge is 2.34. The Bertz CT molecular complexity index is 1200. The molecule has 0 aromatic heterocycles. The van der Waals surface area contributed by atoms with Crippen molar-refractivity contribution in [2.75, 3.05) is 18.0 Å². The van der Waals surface area contributed by atoms with Gasteiger partial charge in [0.15, 0.2) is 0 Å². The topological polar surface area (TPSA) is 69.7 Å². The van der Waals surface area contributed by atoms with Gasteiger partial charge in [-0.2, -0.15) is 0 Å². The molecule has 0 saturated heterocycles. The number of anilines is 1. The van der Waals surface area contributed by atoms with E-state index in [1.54, 1.807) is 17.9 Å². The van der Waals surface area contributed by atoms with E-state index in [0.29, 0.717) is 12.1 Å². The Hall–Kier alpha value is -3.19. The number of hydrogen-bond donors (Lipinski definition) is 1. The van der Waals surface area contributed by atoms with Gasteiger partial charge in [0.2, 0.25) is 11.8 Å². The molecule has 170 valence electrons. The lowest BCUT2D eigenvalue weighted by atomic mass is 10.1. The summed E-state index contributed by atoms with van der Waals surface area (Å²) in [6.45, 7) is 4.39. The summed E-state index contributed by atoms with van der Waals surface area (Å²) in [5, 5.41) is 4.71. The van der Waals surface area contributed by atoms with Crippen LogP contribution in [0.1, 0.15) is 36.2 Å². The Labute approximate surface area is 201 Å². The molecule has 4 rings (SSSR count). The Morgan fingerprint density at radius 2 is 1.76 bits per heavy atom. The molecule has 0 fully saturated rings. The zero-order valence-corrected chi connectivity index (χ0v) is 20.3. The number of amides is 3. The van der Waals surface area contributed by atoms with Crippen molar-refractivity contribution in [2.24, 2.45) is 0 Å². The molecule has 7 heteroatoms. The van der Waals surface area contributed by atoms with Gasteiger partial charge in [-0.15, -0.1) is 0 Å². The summed E-state index contributed by atoms with van der Waals surface area (Å²) in [5.74, 6) is -0.683. The molecule has 3 amide bonds. The summed E-state index contributed by atoms with van der Waals surface area (Å²) >= 11 is 3.43. The lowest BCUT2D eigenvalue weighted by Crippen LogP contribution is -2.51. The van der Waals surface area contributed by atoms with Crippen LogP contribution in [0.15, 0.2) is 65.1 Å². The number of benzene rings is 3. The van der Waals surface area contributed by atoms with E-state index in [4.69, 9.17) is 0 Å². The third-order valence-electron chi connectivity index (χ3n) is 5.93. The van der Waals surface area contributed by atoms with Gasteiger partial charge in [0.25, 0.3) is 5.91 Å². The van der Waals surface area contributed by atoms with Crippen molar-refractivity contribution in [1.29, 1.82) is 0 Å². The number of nitrogens with one attached hydrogen (secondary N) is 1. The molecule has 0 saturated carbocycles. The van der Waals surface area contributed by atoms with E-state index in [1.807, 2.05) is 61.5 Å². The van der Waals surface area contributed by atoms with Crippen molar-refractivity contribution in [3.63, 3.8) is 0 Å². The average molecular weight is 508 g/mol. The highest BCUT2D eigenvalue weighted by molar-refractivity contribution is 9.10. The van der Waals surface area contributed by atoms with Crippen molar-refractivity contribution >= 4 is 50.1 Å². The fourth-order valence-electron chi connectivity index (χ4n) is 4.13. The molecule has 1 atom stereocenters. The van der Waals surface area contributed by atoms with E-state index < -0.39 is 6.04 Å². The molecular weight excluding hydrogens is 482 g/mol. The molecule has 33 heavy (non-hydrogen) atoms. The Morgan fingerprint density at radius 1 is 1.06 bits per heavy atom. The number of rotatable bonds is 8. The van der Waals surface area contributed by atoms with E-state index in [2.05, 4.69) is 21.2 Å². The third-order valence-corrected chi connectivity index (χ3v) is 6.45. The molecule has 1 N–H and O–H groups in total. The van der Waals surface area contributed by atoms with Gasteiger partial charge in [-0.05, 0) is 48.6 Å². The second-order valence-corrected chi connectivity index (χ2v) is 9.10. The number of hydrogen-bond acceptors (Lipinski definition) is 3. The molecular formula is C26H26BrN3O3. The molecule has 1 unspecified atom stereocenters. The third kappa shape index (κ3) is 4.64.